The van der Waals surface area contributed by atoms with Crippen LogP contribution < -0.4 is 10.6 Å². The zero-order valence-corrected chi connectivity index (χ0v) is 13.4. The lowest BCUT2D eigenvalue weighted by Crippen LogP contribution is -2.34. The smallest absolute Gasteiger partial charge is 0.238 e. The third kappa shape index (κ3) is 4.58. The molecule has 1 atom stereocenters. The van der Waals surface area contributed by atoms with Crippen molar-refractivity contribution in [3.63, 3.8) is 0 Å². The van der Waals surface area contributed by atoms with Gasteiger partial charge in [-0.25, -0.2) is 13.2 Å². The van der Waals surface area contributed by atoms with Crippen molar-refractivity contribution in [2.24, 2.45) is 5.92 Å². The maximum Gasteiger partial charge on any atom is 0.238 e. The summed E-state index contributed by atoms with van der Waals surface area (Å²) in [7, 11) is 0. The maximum atomic E-state index is 13.5. The van der Waals surface area contributed by atoms with E-state index in [4.69, 9.17) is 0 Å². The van der Waals surface area contributed by atoms with Crippen LogP contribution in [0.5, 0.6) is 0 Å². The van der Waals surface area contributed by atoms with Gasteiger partial charge in [0.05, 0.1) is 6.54 Å². The Morgan fingerprint density at radius 1 is 1.00 bits per heavy atom. The van der Waals surface area contributed by atoms with Gasteiger partial charge in [-0.2, -0.15) is 0 Å². The molecule has 0 unspecified atom stereocenters. The molecule has 0 radical (unpaired) electrons. The van der Waals surface area contributed by atoms with Crippen LogP contribution in [-0.2, 0) is 4.79 Å². The van der Waals surface area contributed by atoms with Crippen LogP contribution in [0.3, 0.4) is 0 Å². The Morgan fingerprint density at radius 3 is 2.12 bits per heavy atom. The normalized spacial score (nSPS) is 12.2. The molecule has 2 aromatic rings. The molecule has 128 valence electrons. The topological polar surface area (TPSA) is 41.1 Å². The standard InChI is InChI=1S/C18H19F3N2O/c1-11(2)17(12-6-8-13(19)9-7-12)22-10-16(24)23-18-14(20)4-3-5-15(18)21/h3-9,11,17,22H,10H2,1-2H3,(H,23,24)/t17-/m0/s1. The Balaban J connectivity index is 2.01. The average molecular weight is 336 g/mol. The first-order chi connectivity index (χ1) is 11.4. The second-order valence-corrected chi connectivity index (χ2v) is 5.80. The third-order valence-electron chi connectivity index (χ3n) is 3.61. The Hall–Kier alpha value is -2.34. The van der Waals surface area contributed by atoms with E-state index >= 15 is 0 Å². The summed E-state index contributed by atoms with van der Waals surface area (Å²) in [5.41, 5.74) is 0.364. The van der Waals surface area contributed by atoms with Crippen molar-refractivity contribution < 1.29 is 18.0 Å². The van der Waals surface area contributed by atoms with Crippen molar-refractivity contribution in [1.82, 2.24) is 5.32 Å². The van der Waals surface area contributed by atoms with Gasteiger partial charge in [-0.1, -0.05) is 32.0 Å². The van der Waals surface area contributed by atoms with Gasteiger partial charge in [0.15, 0.2) is 0 Å². The van der Waals surface area contributed by atoms with Crippen molar-refractivity contribution >= 4 is 11.6 Å². The minimum Gasteiger partial charge on any atom is -0.320 e. The predicted octanol–water partition coefficient (Wildman–Crippen LogP) is 4.03. The van der Waals surface area contributed by atoms with Gasteiger partial charge in [0.1, 0.15) is 23.1 Å². The van der Waals surface area contributed by atoms with Crippen LogP contribution >= 0.6 is 0 Å². The van der Waals surface area contributed by atoms with Gasteiger partial charge in [-0.15, -0.1) is 0 Å². The molecule has 0 aromatic heterocycles. The lowest BCUT2D eigenvalue weighted by atomic mass is 9.96. The van der Waals surface area contributed by atoms with Gasteiger partial charge >= 0.3 is 0 Å². The summed E-state index contributed by atoms with van der Waals surface area (Å²) in [4.78, 5) is 12.0. The van der Waals surface area contributed by atoms with Gasteiger partial charge < -0.3 is 10.6 Å². The van der Waals surface area contributed by atoms with Gasteiger partial charge in [-0.05, 0) is 35.7 Å². The van der Waals surface area contributed by atoms with Crippen molar-refractivity contribution in [3.05, 3.63) is 65.5 Å². The van der Waals surface area contributed by atoms with Crippen LogP contribution in [0.15, 0.2) is 42.5 Å². The molecule has 0 fully saturated rings. The zero-order valence-electron chi connectivity index (χ0n) is 13.4. The fourth-order valence-electron chi connectivity index (χ4n) is 2.41. The van der Waals surface area contributed by atoms with Crippen LogP contribution in [0.1, 0.15) is 25.5 Å². The SMILES string of the molecule is CC(C)[C@H](NCC(=O)Nc1c(F)cccc1F)c1ccc(F)cc1. The van der Waals surface area contributed by atoms with Crippen molar-refractivity contribution in [1.29, 1.82) is 0 Å². The molecule has 0 aliphatic heterocycles. The Kier molecular flexibility index (Phi) is 5.98. The first-order valence-electron chi connectivity index (χ1n) is 7.61. The van der Waals surface area contributed by atoms with Crippen molar-refractivity contribution in [2.75, 3.05) is 11.9 Å². The highest BCUT2D eigenvalue weighted by Gasteiger charge is 2.18. The lowest BCUT2D eigenvalue weighted by molar-refractivity contribution is -0.115. The molecule has 2 aromatic carbocycles. The van der Waals surface area contributed by atoms with E-state index in [9.17, 15) is 18.0 Å². The van der Waals surface area contributed by atoms with E-state index in [-0.39, 0.29) is 24.3 Å². The Labute approximate surface area is 138 Å². The van der Waals surface area contributed by atoms with Crippen LogP contribution in [0, 0.1) is 23.4 Å². The highest BCUT2D eigenvalue weighted by atomic mass is 19.1. The van der Waals surface area contributed by atoms with Gasteiger partial charge in [0.25, 0.3) is 0 Å². The van der Waals surface area contributed by atoms with Crippen LogP contribution in [0.2, 0.25) is 0 Å². The zero-order chi connectivity index (χ0) is 17.7. The van der Waals surface area contributed by atoms with E-state index < -0.39 is 23.2 Å². The number of nitrogens with one attached hydrogen (secondary N) is 2. The fraction of sp³-hybridized carbons (Fsp3) is 0.278. The van der Waals surface area contributed by atoms with Crippen molar-refractivity contribution in [3.8, 4) is 0 Å². The number of hydrogen-bond donors (Lipinski definition) is 2. The number of halogens is 3. The van der Waals surface area contributed by atoms with E-state index in [1.165, 1.54) is 18.2 Å². The Bertz CT molecular complexity index is 682. The summed E-state index contributed by atoms with van der Waals surface area (Å²) in [6, 6.07) is 9.15. The number of benzene rings is 2. The third-order valence-corrected chi connectivity index (χ3v) is 3.61. The quantitative estimate of drug-likeness (QED) is 0.836. The number of carbonyl (C=O) groups excluding carboxylic acids is 1. The van der Waals surface area contributed by atoms with Crippen molar-refractivity contribution in [2.45, 2.75) is 19.9 Å². The largest absolute Gasteiger partial charge is 0.320 e. The molecule has 0 aliphatic carbocycles. The predicted molar refractivity (Wildman–Crippen MR) is 87.0 cm³/mol. The van der Waals surface area contributed by atoms with E-state index in [1.807, 2.05) is 13.8 Å². The molecule has 0 bridgehead atoms. The molecule has 2 rings (SSSR count). The summed E-state index contributed by atoms with van der Waals surface area (Å²) in [6.45, 7) is 3.78. The monoisotopic (exact) mass is 336 g/mol. The van der Waals surface area contributed by atoms with Crippen LogP contribution in [0.4, 0.5) is 18.9 Å². The van der Waals surface area contributed by atoms with Gasteiger partial charge in [0, 0.05) is 6.04 Å². The summed E-state index contributed by atoms with van der Waals surface area (Å²) in [5.74, 6) is -2.43. The average Bonchev–Trinajstić information content (AvgIpc) is 2.52. The number of hydrogen-bond acceptors (Lipinski definition) is 2. The molecule has 0 heterocycles. The van der Waals surface area contributed by atoms with E-state index in [0.717, 1.165) is 17.7 Å². The molecule has 6 heteroatoms. The summed E-state index contributed by atoms with van der Waals surface area (Å²) in [5, 5.41) is 5.26. The minimum atomic E-state index is -0.831. The van der Waals surface area contributed by atoms with E-state index in [1.54, 1.807) is 12.1 Å². The van der Waals surface area contributed by atoms with Crippen LogP contribution in [-0.4, -0.2) is 12.5 Å². The number of carbonyl (C=O) groups is 1. The molecule has 0 spiro atoms. The molecule has 1 amide bonds. The molecule has 3 nitrogen and oxygen atoms in total. The van der Waals surface area contributed by atoms with E-state index in [2.05, 4.69) is 10.6 Å². The lowest BCUT2D eigenvalue weighted by Gasteiger charge is -2.23. The van der Waals surface area contributed by atoms with Crippen LogP contribution in [0.25, 0.3) is 0 Å². The molecule has 0 saturated carbocycles. The Morgan fingerprint density at radius 2 is 1.58 bits per heavy atom. The van der Waals surface area contributed by atoms with Gasteiger partial charge in [0.2, 0.25) is 5.91 Å². The first-order valence-corrected chi connectivity index (χ1v) is 7.61. The molecule has 0 aliphatic rings. The number of rotatable bonds is 6. The molecule has 0 saturated heterocycles. The summed E-state index contributed by atoms with van der Waals surface area (Å²) in [6.07, 6.45) is 0. The number of para-hydroxylation sites is 1. The summed E-state index contributed by atoms with van der Waals surface area (Å²) >= 11 is 0. The first kappa shape index (κ1) is 18.0. The molecule has 24 heavy (non-hydrogen) atoms. The minimum absolute atomic E-state index is 0.131. The second kappa shape index (κ2) is 7.97. The van der Waals surface area contributed by atoms with E-state index in [0.29, 0.717) is 0 Å². The summed E-state index contributed by atoms with van der Waals surface area (Å²) < 4.78 is 40.1. The second-order valence-electron chi connectivity index (χ2n) is 5.80. The fourth-order valence-corrected chi connectivity index (χ4v) is 2.41. The van der Waals surface area contributed by atoms with Gasteiger partial charge in [-0.3, -0.25) is 4.79 Å². The molecule has 2 N–H and O–H groups in total. The number of amides is 1. The maximum absolute atomic E-state index is 13.5. The highest BCUT2D eigenvalue weighted by molar-refractivity contribution is 5.92. The highest BCUT2D eigenvalue weighted by Crippen LogP contribution is 2.22. The number of anilines is 1. The molecular weight excluding hydrogens is 317 g/mol. The molecular formula is C18H19F3N2O.